The molecule has 108 valence electrons. The molecule has 0 spiro atoms. The van der Waals surface area contributed by atoms with Gasteiger partial charge in [0, 0.05) is 11.5 Å². The molecule has 3 N–H and O–H groups in total. The van der Waals surface area contributed by atoms with Crippen molar-refractivity contribution in [3.05, 3.63) is 28.8 Å². The quantitative estimate of drug-likeness (QED) is 0.658. The van der Waals surface area contributed by atoms with E-state index in [-0.39, 0.29) is 11.8 Å². The van der Waals surface area contributed by atoms with Crippen LogP contribution in [-0.4, -0.2) is 10.9 Å². The Morgan fingerprint density at radius 1 is 1.25 bits per heavy atom. The van der Waals surface area contributed by atoms with Crippen molar-refractivity contribution in [2.75, 3.05) is 5.32 Å². The van der Waals surface area contributed by atoms with Crippen LogP contribution in [0, 0.1) is 5.92 Å². The van der Waals surface area contributed by atoms with Gasteiger partial charge in [0.05, 0.1) is 10.7 Å². The summed E-state index contributed by atoms with van der Waals surface area (Å²) in [5, 5.41) is 3.39. The monoisotopic (exact) mass is 310 g/mol. The second-order valence-electron chi connectivity index (χ2n) is 5.24. The molecule has 5 heteroatoms. The van der Waals surface area contributed by atoms with Crippen LogP contribution < -0.4 is 11.1 Å². The molecule has 0 saturated heterocycles. The number of anilines is 1. The number of nitrogens with one attached hydrogen (secondary N) is 1. The predicted octanol–water partition coefficient (Wildman–Crippen LogP) is 3.88. The summed E-state index contributed by atoms with van der Waals surface area (Å²) in [5.74, 6) is 0.167. The largest absolute Gasteiger partial charge is 0.389 e. The Morgan fingerprint density at radius 2 is 1.90 bits per heavy atom. The Labute approximate surface area is 129 Å². The Hall–Kier alpha value is -1.13. The van der Waals surface area contributed by atoms with E-state index in [0.29, 0.717) is 21.3 Å². The number of carbonyl (C=O) groups excluding carboxylic acids is 1. The van der Waals surface area contributed by atoms with Crippen molar-refractivity contribution in [3.8, 4) is 0 Å². The van der Waals surface area contributed by atoms with Crippen LogP contribution in [0.2, 0.25) is 5.02 Å². The lowest BCUT2D eigenvalue weighted by Crippen LogP contribution is -2.22. The van der Waals surface area contributed by atoms with E-state index >= 15 is 0 Å². The number of carbonyl (C=O) groups is 1. The molecule has 3 nitrogen and oxygen atoms in total. The summed E-state index contributed by atoms with van der Waals surface area (Å²) in [7, 11) is 0. The van der Waals surface area contributed by atoms with E-state index in [1.165, 1.54) is 12.8 Å². The standard InChI is InChI=1S/C15H19ClN2OS/c16-12-9-11(14(17)20)7-8-13(12)18-15(19)10-5-3-1-2-4-6-10/h7-10H,1-6H2,(H2,17,20)(H,18,19). The molecule has 1 aliphatic carbocycles. The van der Waals surface area contributed by atoms with E-state index in [1.807, 2.05) is 0 Å². The lowest BCUT2D eigenvalue weighted by atomic mass is 9.99. The molecule has 1 fully saturated rings. The molecule has 2 rings (SSSR count). The molecular formula is C15H19ClN2OS. The third-order valence-corrected chi connectivity index (χ3v) is 4.29. The molecule has 0 radical (unpaired) electrons. The van der Waals surface area contributed by atoms with Crippen LogP contribution in [0.25, 0.3) is 0 Å². The number of halogens is 1. The summed E-state index contributed by atoms with van der Waals surface area (Å²) in [5.41, 5.74) is 6.89. The van der Waals surface area contributed by atoms with Gasteiger partial charge in [-0.15, -0.1) is 0 Å². The third-order valence-electron chi connectivity index (χ3n) is 3.74. The summed E-state index contributed by atoms with van der Waals surface area (Å²) in [6.07, 6.45) is 6.65. The molecule has 1 saturated carbocycles. The minimum absolute atomic E-state index is 0.0666. The fourth-order valence-electron chi connectivity index (χ4n) is 2.55. The predicted molar refractivity (Wildman–Crippen MR) is 87.2 cm³/mol. The fraction of sp³-hybridized carbons (Fsp3) is 0.467. The van der Waals surface area contributed by atoms with E-state index in [2.05, 4.69) is 5.32 Å². The highest BCUT2D eigenvalue weighted by Gasteiger charge is 2.20. The lowest BCUT2D eigenvalue weighted by molar-refractivity contribution is -0.120. The summed E-state index contributed by atoms with van der Waals surface area (Å²) in [6.45, 7) is 0. The van der Waals surface area contributed by atoms with Gasteiger partial charge in [0.1, 0.15) is 4.99 Å². The first-order chi connectivity index (χ1) is 9.58. The SMILES string of the molecule is NC(=S)c1ccc(NC(=O)C2CCCCCC2)c(Cl)c1. The molecule has 0 heterocycles. The Kier molecular flexibility index (Phi) is 5.38. The van der Waals surface area contributed by atoms with Crippen LogP contribution in [-0.2, 0) is 4.79 Å². The molecule has 20 heavy (non-hydrogen) atoms. The van der Waals surface area contributed by atoms with E-state index in [9.17, 15) is 4.79 Å². The molecular weight excluding hydrogens is 292 g/mol. The molecule has 0 aliphatic heterocycles. The van der Waals surface area contributed by atoms with E-state index < -0.39 is 0 Å². The first kappa shape index (κ1) is 15.3. The number of amides is 1. The summed E-state index contributed by atoms with van der Waals surface area (Å²) in [4.78, 5) is 12.6. The number of thiocarbonyl (C=S) groups is 1. The van der Waals surface area contributed by atoms with Crippen LogP contribution >= 0.6 is 23.8 Å². The Bertz CT molecular complexity index is 511. The second kappa shape index (κ2) is 7.04. The second-order valence-corrected chi connectivity index (χ2v) is 6.08. The first-order valence-corrected chi connectivity index (χ1v) is 7.77. The van der Waals surface area contributed by atoms with Gasteiger partial charge in [-0.1, -0.05) is 49.5 Å². The van der Waals surface area contributed by atoms with Gasteiger partial charge in [-0.25, -0.2) is 0 Å². The van der Waals surface area contributed by atoms with Crippen molar-refractivity contribution in [1.82, 2.24) is 0 Å². The molecule has 1 aromatic carbocycles. The number of rotatable bonds is 3. The Morgan fingerprint density at radius 3 is 2.45 bits per heavy atom. The van der Waals surface area contributed by atoms with Crippen molar-refractivity contribution >= 4 is 40.4 Å². The normalized spacial score (nSPS) is 16.4. The summed E-state index contributed by atoms with van der Waals surface area (Å²) in [6, 6.07) is 5.22. The van der Waals surface area contributed by atoms with Gasteiger partial charge in [0.25, 0.3) is 0 Å². The van der Waals surface area contributed by atoms with Gasteiger partial charge in [-0.3, -0.25) is 4.79 Å². The van der Waals surface area contributed by atoms with Crippen molar-refractivity contribution in [1.29, 1.82) is 0 Å². The maximum atomic E-state index is 12.3. The number of hydrogen-bond donors (Lipinski definition) is 2. The van der Waals surface area contributed by atoms with Crippen molar-refractivity contribution < 1.29 is 4.79 Å². The van der Waals surface area contributed by atoms with E-state index in [1.54, 1.807) is 18.2 Å². The van der Waals surface area contributed by atoms with Crippen LogP contribution in [0.15, 0.2) is 18.2 Å². The molecule has 1 aromatic rings. The van der Waals surface area contributed by atoms with Crippen molar-refractivity contribution in [3.63, 3.8) is 0 Å². The lowest BCUT2D eigenvalue weighted by Gasteiger charge is -2.15. The van der Waals surface area contributed by atoms with E-state index in [4.69, 9.17) is 29.6 Å². The Balaban J connectivity index is 2.05. The van der Waals surface area contributed by atoms with Gasteiger partial charge in [0.15, 0.2) is 0 Å². The smallest absolute Gasteiger partial charge is 0.227 e. The maximum Gasteiger partial charge on any atom is 0.227 e. The average Bonchev–Trinajstić information content (AvgIpc) is 2.69. The minimum atomic E-state index is 0.0666. The third kappa shape index (κ3) is 3.93. The van der Waals surface area contributed by atoms with Crippen LogP contribution in [0.5, 0.6) is 0 Å². The highest BCUT2D eigenvalue weighted by molar-refractivity contribution is 7.80. The number of benzene rings is 1. The van der Waals surface area contributed by atoms with Crippen LogP contribution in [0.1, 0.15) is 44.1 Å². The average molecular weight is 311 g/mol. The zero-order valence-corrected chi connectivity index (χ0v) is 12.9. The first-order valence-electron chi connectivity index (χ1n) is 6.98. The zero-order valence-electron chi connectivity index (χ0n) is 11.3. The molecule has 0 bridgehead atoms. The topological polar surface area (TPSA) is 55.1 Å². The van der Waals surface area contributed by atoms with Gasteiger partial charge >= 0.3 is 0 Å². The van der Waals surface area contributed by atoms with Crippen molar-refractivity contribution in [2.24, 2.45) is 11.7 Å². The fourth-order valence-corrected chi connectivity index (χ4v) is 2.90. The summed E-state index contributed by atoms with van der Waals surface area (Å²) >= 11 is 11.1. The van der Waals surface area contributed by atoms with Gasteiger partial charge < -0.3 is 11.1 Å². The molecule has 1 aliphatic rings. The molecule has 0 atom stereocenters. The maximum absolute atomic E-state index is 12.3. The molecule has 0 unspecified atom stereocenters. The van der Waals surface area contributed by atoms with Crippen molar-refractivity contribution in [2.45, 2.75) is 38.5 Å². The van der Waals surface area contributed by atoms with Gasteiger partial charge in [-0.05, 0) is 31.0 Å². The molecule has 1 amide bonds. The number of hydrogen-bond acceptors (Lipinski definition) is 2. The highest BCUT2D eigenvalue weighted by Crippen LogP contribution is 2.27. The van der Waals surface area contributed by atoms with Crippen LogP contribution in [0.4, 0.5) is 5.69 Å². The molecule has 0 aromatic heterocycles. The summed E-state index contributed by atoms with van der Waals surface area (Å²) < 4.78 is 0. The van der Waals surface area contributed by atoms with Crippen LogP contribution in [0.3, 0.4) is 0 Å². The van der Waals surface area contributed by atoms with Gasteiger partial charge in [-0.2, -0.15) is 0 Å². The zero-order chi connectivity index (χ0) is 14.5. The highest BCUT2D eigenvalue weighted by atomic mass is 35.5. The van der Waals surface area contributed by atoms with Gasteiger partial charge in [0.2, 0.25) is 5.91 Å². The van der Waals surface area contributed by atoms with E-state index in [0.717, 1.165) is 25.7 Å². The number of nitrogens with two attached hydrogens (primary N) is 1. The minimum Gasteiger partial charge on any atom is -0.389 e.